The van der Waals surface area contributed by atoms with Crippen molar-refractivity contribution in [2.24, 2.45) is 5.73 Å². The lowest BCUT2D eigenvalue weighted by Gasteiger charge is -2.18. The number of nitrogens with two attached hydrogens (primary N) is 2. The van der Waals surface area contributed by atoms with E-state index < -0.39 is 0 Å². The Morgan fingerprint density at radius 3 is 2.70 bits per heavy atom. The molecule has 0 amide bonds. The Morgan fingerprint density at radius 2 is 1.91 bits per heavy atom. The van der Waals surface area contributed by atoms with Gasteiger partial charge >= 0.3 is 0 Å². The van der Waals surface area contributed by atoms with Crippen LogP contribution in [0.4, 0.5) is 5.82 Å². The average molecular weight is 315 g/mol. The molecule has 4 N–H and O–H groups in total. The number of hydrogen-bond acceptors (Lipinski definition) is 4. The molecule has 0 bridgehead atoms. The summed E-state index contributed by atoms with van der Waals surface area (Å²) < 4.78 is 2.42. The van der Waals surface area contributed by atoms with Crippen LogP contribution in [0.1, 0.15) is 62.5 Å². The molecule has 0 saturated heterocycles. The van der Waals surface area contributed by atoms with E-state index >= 15 is 0 Å². The minimum atomic E-state index is 0.607. The van der Waals surface area contributed by atoms with Crippen LogP contribution in [0.25, 0.3) is 11.0 Å². The molecule has 0 unspecified atom stereocenters. The van der Waals surface area contributed by atoms with Gasteiger partial charge in [0.05, 0.1) is 5.52 Å². The minimum absolute atomic E-state index is 0.607. The molecule has 23 heavy (non-hydrogen) atoms. The van der Waals surface area contributed by atoms with Crippen molar-refractivity contribution in [2.45, 2.75) is 71.3 Å². The van der Waals surface area contributed by atoms with E-state index in [4.69, 9.17) is 16.5 Å². The van der Waals surface area contributed by atoms with E-state index in [0.29, 0.717) is 5.82 Å². The quantitative estimate of drug-likeness (QED) is 0.769. The zero-order valence-corrected chi connectivity index (χ0v) is 14.3. The van der Waals surface area contributed by atoms with E-state index in [-0.39, 0.29) is 0 Å². The molecule has 2 aromatic rings. The van der Waals surface area contributed by atoms with Gasteiger partial charge in [-0.15, -0.1) is 0 Å². The Labute approximate surface area is 138 Å². The molecule has 0 aromatic carbocycles. The van der Waals surface area contributed by atoms with E-state index in [0.717, 1.165) is 57.1 Å². The topological polar surface area (TPSA) is 82.8 Å². The number of unbranched alkanes of at least 4 members (excludes halogenated alkanes) is 2. The van der Waals surface area contributed by atoms with Crippen molar-refractivity contribution in [2.75, 3.05) is 12.3 Å². The Bertz CT molecular complexity index is 674. The van der Waals surface area contributed by atoms with Crippen LogP contribution >= 0.6 is 0 Å². The standard InChI is InChI=1S/C18H29N5/c1-2-3-10-15-22-16-17(23(15)12-7-6-11-19)13-8-4-5-9-14(13)21-18(16)20/h2-12,19H2,1H3,(H2,20,21). The molecule has 5 nitrogen and oxygen atoms in total. The van der Waals surface area contributed by atoms with Gasteiger partial charge in [-0.1, -0.05) is 13.3 Å². The van der Waals surface area contributed by atoms with Crippen LogP contribution in [-0.2, 0) is 25.8 Å². The summed E-state index contributed by atoms with van der Waals surface area (Å²) in [6.45, 7) is 3.96. The molecule has 2 aromatic heterocycles. The van der Waals surface area contributed by atoms with Crippen LogP contribution in [0.5, 0.6) is 0 Å². The van der Waals surface area contributed by atoms with E-state index in [1.807, 2.05) is 0 Å². The summed E-state index contributed by atoms with van der Waals surface area (Å²) in [6.07, 6.45) is 10.1. The lowest BCUT2D eigenvalue weighted by atomic mass is 9.95. The third kappa shape index (κ3) is 3.20. The summed E-state index contributed by atoms with van der Waals surface area (Å²) in [4.78, 5) is 9.54. The summed E-state index contributed by atoms with van der Waals surface area (Å²) in [7, 11) is 0. The number of rotatable bonds is 7. The molecule has 0 atom stereocenters. The summed E-state index contributed by atoms with van der Waals surface area (Å²) in [6, 6.07) is 0. The molecule has 0 radical (unpaired) electrons. The molecule has 2 heterocycles. The normalized spacial score (nSPS) is 14.3. The number of nitrogens with zero attached hydrogens (tertiary/aromatic N) is 3. The van der Waals surface area contributed by atoms with Crippen LogP contribution in [0.2, 0.25) is 0 Å². The molecule has 0 spiro atoms. The predicted molar refractivity (Wildman–Crippen MR) is 95.5 cm³/mol. The first-order chi connectivity index (χ1) is 11.3. The van der Waals surface area contributed by atoms with Gasteiger partial charge in [0.25, 0.3) is 0 Å². The van der Waals surface area contributed by atoms with Gasteiger partial charge in [0, 0.05) is 18.7 Å². The van der Waals surface area contributed by atoms with Crippen molar-refractivity contribution in [1.29, 1.82) is 0 Å². The number of fused-ring (bicyclic) bond motifs is 3. The van der Waals surface area contributed by atoms with Crippen molar-refractivity contribution in [3.8, 4) is 0 Å². The van der Waals surface area contributed by atoms with Gasteiger partial charge < -0.3 is 16.0 Å². The number of aryl methyl sites for hydroxylation is 4. The number of anilines is 1. The van der Waals surface area contributed by atoms with E-state index in [9.17, 15) is 0 Å². The number of aromatic nitrogens is 3. The fourth-order valence-electron chi connectivity index (χ4n) is 3.63. The highest BCUT2D eigenvalue weighted by atomic mass is 15.1. The maximum atomic E-state index is 6.24. The Hall–Kier alpha value is -1.62. The Morgan fingerprint density at radius 1 is 1.09 bits per heavy atom. The summed E-state index contributed by atoms with van der Waals surface area (Å²) >= 11 is 0. The monoisotopic (exact) mass is 315 g/mol. The molecule has 3 rings (SSSR count). The zero-order valence-electron chi connectivity index (χ0n) is 14.3. The second-order valence-electron chi connectivity index (χ2n) is 6.61. The molecular formula is C18H29N5. The van der Waals surface area contributed by atoms with Crippen LogP contribution in [-0.4, -0.2) is 21.1 Å². The number of pyridine rings is 1. The van der Waals surface area contributed by atoms with Gasteiger partial charge in [0.2, 0.25) is 0 Å². The third-order valence-corrected chi connectivity index (χ3v) is 4.86. The van der Waals surface area contributed by atoms with Crippen LogP contribution < -0.4 is 11.5 Å². The zero-order chi connectivity index (χ0) is 16.2. The SMILES string of the molecule is CCCCc1nc2c(N)nc3c(c2n1CCCCN)CCCC3. The molecule has 1 aliphatic rings. The highest BCUT2D eigenvalue weighted by Crippen LogP contribution is 2.32. The first kappa shape index (κ1) is 16.2. The van der Waals surface area contributed by atoms with E-state index in [2.05, 4.69) is 16.5 Å². The summed E-state index contributed by atoms with van der Waals surface area (Å²) in [5.41, 5.74) is 16.7. The van der Waals surface area contributed by atoms with Gasteiger partial charge in [-0.25, -0.2) is 9.97 Å². The van der Waals surface area contributed by atoms with Gasteiger partial charge in [-0.05, 0) is 57.1 Å². The van der Waals surface area contributed by atoms with Gasteiger partial charge in [0.1, 0.15) is 11.3 Å². The van der Waals surface area contributed by atoms with Crippen LogP contribution in [0, 0.1) is 0 Å². The van der Waals surface area contributed by atoms with Crippen molar-refractivity contribution >= 4 is 16.9 Å². The Kier molecular flexibility index (Phi) is 5.16. The lowest BCUT2D eigenvalue weighted by Crippen LogP contribution is -2.12. The second kappa shape index (κ2) is 7.30. The van der Waals surface area contributed by atoms with Gasteiger partial charge in [-0.2, -0.15) is 0 Å². The highest BCUT2D eigenvalue weighted by molar-refractivity contribution is 5.89. The van der Waals surface area contributed by atoms with E-state index in [1.165, 1.54) is 41.9 Å². The van der Waals surface area contributed by atoms with Crippen LogP contribution in [0.3, 0.4) is 0 Å². The van der Waals surface area contributed by atoms with Crippen molar-refractivity contribution in [1.82, 2.24) is 14.5 Å². The molecule has 0 saturated carbocycles. The maximum absolute atomic E-state index is 6.24. The van der Waals surface area contributed by atoms with Gasteiger partial charge in [-0.3, -0.25) is 0 Å². The molecule has 1 aliphatic carbocycles. The van der Waals surface area contributed by atoms with Crippen LogP contribution in [0.15, 0.2) is 0 Å². The molecule has 126 valence electrons. The van der Waals surface area contributed by atoms with Gasteiger partial charge in [0.15, 0.2) is 5.82 Å². The average Bonchev–Trinajstić information content (AvgIpc) is 2.93. The Balaban J connectivity index is 2.10. The molecule has 0 fully saturated rings. The maximum Gasteiger partial charge on any atom is 0.151 e. The minimum Gasteiger partial charge on any atom is -0.382 e. The first-order valence-electron chi connectivity index (χ1n) is 9.12. The highest BCUT2D eigenvalue weighted by Gasteiger charge is 2.22. The fourth-order valence-corrected chi connectivity index (χ4v) is 3.63. The van der Waals surface area contributed by atoms with Crippen molar-refractivity contribution in [3.63, 3.8) is 0 Å². The number of hydrogen-bond donors (Lipinski definition) is 2. The van der Waals surface area contributed by atoms with E-state index in [1.54, 1.807) is 0 Å². The first-order valence-corrected chi connectivity index (χ1v) is 9.12. The molecular weight excluding hydrogens is 286 g/mol. The lowest BCUT2D eigenvalue weighted by molar-refractivity contribution is 0.588. The third-order valence-electron chi connectivity index (χ3n) is 4.86. The second-order valence-corrected chi connectivity index (χ2v) is 6.61. The molecule has 5 heteroatoms. The molecule has 0 aliphatic heterocycles. The smallest absolute Gasteiger partial charge is 0.151 e. The number of imidazole rings is 1. The summed E-state index contributed by atoms with van der Waals surface area (Å²) in [5.74, 6) is 1.78. The number of nitrogen functional groups attached to an aromatic ring is 1. The predicted octanol–water partition coefficient (Wildman–Crippen LogP) is 2.97. The van der Waals surface area contributed by atoms with Crippen molar-refractivity contribution < 1.29 is 0 Å². The largest absolute Gasteiger partial charge is 0.382 e. The van der Waals surface area contributed by atoms with Crippen molar-refractivity contribution in [3.05, 3.63) is 17.1 Å². The summed E-state index contributed by atoms with van der Waals surface area (Å²) in [5, 5.41) is 0. The fraction of sp³-hybridized carbons (Fsp3) is 0.667.